The maximum absolute atomic E-state index is 13.0. The van der Waals surface area contributed by atoms with E-state index in [9.17, 15) is 14.4 Å². The van der Waals surface area contributed by atoms with Gasteiger partial charge >= 0.3 is 6.03 Å². The molecule has 3 aromatic carbocycles. The maximum atomic E-state index is 13.0. The van der Waals surface area contributed by atoms with Gasteiger partial charge in [-0.25, -0.2) is 4.79 Å². The molecular weight excluding hydrogens is 402 g/mol. The van der Waals surface area contributed by atoms with Gasteiger partial charge in [0.05, 0.1) is 6.04 Å². The smallest absolute Gasteiger partial charge is 0.332 e. The molecule has 0 aromatic heterocycles. The molecule has 0 spiro atoms. The van der Waals surface area contributed by atoms with E-state index < -0.39 is 18.0 Å². The number of urea groups is 1. The highest BCUT2D eigenvalue weighted by Crippen LogP contribution is 2.26. The summed E-state index contributed by atoms with van der Waals surface area (Å²) >= 11 is 0. The fraction of sp³-hybridized carbons (Fsp3) is 0.192. The molecule has 1 aliphatic rings. The van der Waals surface area contributed by atoms with Gasteiger partial charge < -0.3 is 5.32 Å². The number of rotatable bonds is 6. The van der Waals surface area contributed by atoms with Gasteiger partial charge in [-0.3, -0.25) is 19.4 Å². The van der Waals surface area contributed by atoms with E-state index in [1.165, 1.54) is 4.90 Å². The van der Waals surface area contributed by atoms with Gasteiger partial charge in [0.25, 0.3) is 5.91 Å². The molecule has 0 bridgehead atoms. The molecule has 1 fully saturated rings. The van der Waals surface area contributed by atoms with E-state index in [2.05, 4.69) is 5.32 Å². The molecule has 4 amide bonds. The third kappa shape index (κ3) is 4.25. The van der Waals surface area contributed by atoms with Crippen molar-refractivity contribution in [3.8, 4) is 0 Å². The van der Waals surface area contributed by atoms with Crippen LogP contribution in [0.1, 0.15) is 29.7 Å². The predicted molar refractivity (Wildman–Crippen MR) is 123 cm³/mol. The monoisotopic (exact) mass is 427 g/mol. The molecule has 0 aliphatic carbocycles. The van der Waals surface area contributed by atoms with E-state index in [0.29, 0.717) is 5.69 Å². The van der Waals surface area contributed by atoms with Crippen LogP contribution < -0.4 is 10.2 Å². The Morgan fingerprint density at radius 1 is 0.875 bits per heavy atom. The average Bonchev–Trinajstić information content (AvgIpc) is 3.02. The number of amides is 4. The van der Waals surface area contributed by atoms with E-state index in [0.717, 1.165) is 21.6 Å². The summed E-state index contributed by atoms with van der Waals surface area (Å²) in [6.07, 6.45) is 0. The Kier molecular flexibility index (Phi) is 6.03. The maximum Gasteiger partial charge on any atom is 0.332 e. The summed E-state index contributed by atoms with van der Waals surface area (Å²) in [4.78, 5) is 41.3. The Morgan fingerprint density at radius 2 is 1.41 bits per heavy atom. The van der Waals surface area contributed by atoms with Crippen LogP contribution >= 0.6 is 0 Å². The number of carbonyl (C=O) groups is 3. The van der Waals surface area contributed by atoms with Crippen LogP contribution in [0, 0.1) is 6.92 Å². The molecule has 1 N–H and O–H groups in total. The summed E-state index contributed by atoms with van der Waals surface area (Å²) in [5.41, 5.74) is 3.53. The second kappa shape index (κ2) is 9.06. The molecule has 0 saturated carbocycles. The van der Waals surface area contributed by atoms with Crippen molar-refractivity contribution in [1.82, 2.24) is 10.2 Å². The highest BCUT2D eigenvalue weighted by atomic mass is 16.2. The Balaban J connectivity index is 1.53. The van der Waals surface area contributed by atoms with E-state index in [4.69, 9.17) is 0 Å². The quantitative estimate of drug-likeness (QED) is 0.603. The second-order valence-electron chi connectivity index (χ2n) is 7.91. The van der Waals surface area contributed by atoms with Crippen LogP contribution in [-0.4, -0.2) is 35.3 Å². The molecule has 4 rings (SSSR count). The highest BCUT2D eigenvalue weighted by molar-refractivity contribution is 6.15. The van der Waals surface area contributed by atoms with Gasteiger partial charge in [0.1, 0.15) is 12.6 Å². The zero-order chi connectivity index (χ0) is 22.7. The molecule has 6 heteroatoms. The molecule has 0 unspecified atom stereocenters. The standard InChI is InChI=1S/C26H25N3O3/c1-18-13-15-22(16-14-18)29-19(2)25(31)28(26(29)32)17-23(30)27-24(20-9-5-3-6-10-20)21-11-7-4-8-12-21/h3-16,19,24H,17H2,1-2H3,(H,27,30)/t19-/m1/s1. The van der Waals surface area contributed by atoms with Crippen molar-refractivity contribution in [2.45, 2.75) is 25.9 Å². The van der Waals surface area contributed by atoms with Gasteiger partial charge in [0.2, 0.25) is 5.91 Å². The van der Waals surface area contributed by atoms with Crippen LogP contribution in [0.4, 0.5) is 10.5 Å². The highest BCUT2D eigenvalue weighted by Gasteiger charge is 2.44. The summed E-state index contributed by atoms with van der Waals surface area (Å²) in [5.74, 6) is -0.788. The number of nitrogens with zero attached hydrogens (tertiary/aromatic N) is 2. The molecular formula is C26H25N3O3. The predicted octanol–water partition coefficient (Wildman–Crippen LogP) is 4.06. The Bertz CT molecular complexity index is 1070. The number of hydrogen-bond acceptors (Lipinski definition) is 3. The van der Waals surface area contributed by atoms with Crippen LogP contribution in [0.2, 0.25) is 0 Å². The van der Waals surface area contributed by atoms with Crippen LogP contribution in [0.3, 0.4) is 0 Å². The van der Waals surface area contributed by atoms with Gasteiger partial charge in [-0.1, -0.05) is 78.4 Å². The summed E-state index contributed by atoms with van der Waals surface area (Å²) in [6, 6.07) is 25.1. The van der Waals surface area contributed by atoms with Gasteiger partial charge in [0, 0.05) is 5.69 Å². The van der Waals surface area contributed by atoms with Crippen LogP contribution in [0.15, 0.2) is 84.9 Å². The Morgan fingerprint density at radius 3 is 1.94 bits per heavy atom. The SMILES string of the molecule is Cc1ccc(N2C(=O)N(CC(=O)NC(c3ccccc3)c3ccccc3)C(=O)[C@H]2C)cc1. The van der Waals surface area contributed by atoms with E-state index in [1.54, 1.807) is 19.1 Å². The summed E-state index contributed by atoms with van der Waals surface area (Å²) in [5, 5.41) is 2.99. The van der Waals surface area contributed by atoms with E-state index in [1.807, 2.05) is 79.7 Å². The molecule has 0 radical (unpaired) electrons. The van der Waals surface area contributed by atoms with Crippen molar-refractivity contribution in [2.75, 3.05) is 11.4 Å². The fourth-order valence-corrected chi connectivity index (χ4v) is 3.91. The summed E-state index contributed by atoms with van der Waals surface area (Å²) < 4.78 is 0. The molecule has 32 heavy (non-hydrogen) atoms. The third-order valence-corrected chi connectivity index (χ3v) is 5.63. The van der Waals surface area contributed by atoms with Crippen molar-refractivity contribution < 1.29 is 14.4 Å². The lowest BCUT2D eigenvalue weighted by molar-refractivity contribution is -0.132. The van der Waals surface area contributed by atoms with Gasteiger partial charge in [-0.05, 0) is 37.1 Å². The van der Waals surface area contributed by atoms with Crippen LogP contribution in [0.5, 0.6) is 0 Å². The summed E-state index contributed by atoms with van der Waals surface area (Å²) in [7, 11) is 0. The van der Waals surface area contributed by atoms with Crippen molar-refractivity contribution in [1.29, 1.82) is 0 Å². The average molecular weight is 428 g/mol. The number of hydrogen-bond donors (Lipinski definition) is 1. The lowest BCUT2D eigenvalue weighted by Gasteiger charge is -2.22. The molecule has 1 saturated heterocycles. The van der Waals surface area contributed by atoms with E-state index in [-0.39, 0.29) is 18.5 Å². The van der Waals surface area contributed by atoms with E-state index >= 15 is 0 Å². The van der Waals surface area contributed by atoms with Crippen LogP contribution in [0.25, 0.3) is 0 Å². The fourth-order valence-electron chi connectivity index (χ4n) is 3.91. The minimum atomic E-state index is -0.669. The van der Waals surface area contributed by atoms with Crippen molar-refractivity contribution in [3.05, 3.63) is 102 Å². The number of aryl methyl sites for hydroxylation is 1. The molecule has 162 valence electrons. The Hall–Kier alpha value is -3.93. The van der Waals surface area contributed by atoms with Gasteiger partial charge in [-0.2, -0.15) is 0 Å². The Labute approximate surface area is 187 Å². The van der Waals surface area contributed by atoms with Crippen molar-refractivity contribution in [3.63, 3.8) is 0 Å². The molecule has 1 aliphatic heterocycles. The van der Waals surface area contributed by atoms with Gasteiger partial charge in [-0.15, -0.1) is 0 Å². The van der Waals surface area contributed by atoms with Crippen LogP contribution in [-0.2, 0) is 9.59 Å². The molecule has 3 aromatic rings. The first-order valence-corrected chi connectivity index (χ1v) is 10.6. The third-order valence-electron chi connectivity index (χ3n) is 5.63. The largest absolute Gasteiger partial charge is 0.344 e. The molecule has 1 atom stereocenters. The first kappa shape index (κ1) is 21.3. The molecule has 6 nitrogen and oxygen atoms in total. The zero-order valence-electron chi connectivity index (χ0n) is 18.1. The first-order chi connectivity index (χ1) is 15.5. The summed E-state index contributed by atoms with van der Waals surface area (Å²) in [6.45, 7) is 3.30. The first-order valence-electron chi connectivity index (χ1n) is 10.6. The minimum Gasteiger partial charge on any atom is -0.344 e. The molecule has 1 heterocycles. The number of imide groups is 1. The minimum absolute atomic E-state index is 0.333. The lowest BCUT2D eigenvalue weighted by atomic mass is 9.99. The lowest BCUT2D eigenvalue weighted by Crippen LogP contribution is -2.42. The number of anilines is 1. The van der Waals surface area contributed by atoms with Crippen molar-refractivity contribution >= 4 is 23.5 Å². The second-order valence-corrected chi connectivity index (χ2v) is 7.91. The van der Waals surface area contributed by atoms with Gasteiger partial charge in [0.15, 0.2) is 0 Å². The topological polar surface area (TPSA) is 69.7 Å². The normalized spacial score (nSPS) is 16.0. The van der Waals surface area contributed by atoms with Crippen molar-refractivity contribution in [2.24, 2.45) is 0 Å². The number of carbonyl (C=O) groups excluding carboxylic acids is 3. The number of nitrogens with one attached hydrogen (secondary N) is 1. The zero-order valence-corrected chi connectivity index (χ0v) is 18.1. The number of benzene rings is 3.